The summed E-state index contributed by atoms with van der Waals surface area (Å²) < 4.78 is 5.42. The Morgan fingerprint density at radius 2 is 1.84 bits per heavy atom. The van der Waals surface area contributed by atoms with Crippen molar-refractivity contribution < 1.29 is 24.2 Å². The average molecular weight is 607 g/mol. The summed E-state index contributed by atoms with van der Waals surface area (Å²) in [5, 5.41) is 13.7. The summed E-state index contributed by atoms with van der Waals surface area (Å²) in [6.07, 6.45) is 5.52. The highest BCUT2D eigenvalue weighted by Gasteiger charge is 2.26. The molecule has 0 saturated carbocycles. The Labute approximate surface area is 255 Å². The van der Waals surface area contributed by atoms with Crippen molar-refractivity contribution in [2.24, 2.45) is 0 Å². The summed E-state index contributed by atoms with van der Waals surface area (Å²) in [6.45, 7) is 7.88. The molecule has 1 aromatic heterocycles. The minimum atomic E-state index is -1.10. The van der Waals surface area contributed by atoms with Crippen molar-refractivity contribution in [1.82, 2.24) is 14.9 Å². The number of rotatable bonds is 12. The van der Waals surface area contributed by atoms with Crippen molar-refractivity contribution in [3.63, 3.8) is 0 Å². The van der Waals surface area contributed by atoms with Crippen LogP contribution in [0.15, 0.2) is 67.0 Å². The van der Waals surface area contributed by atoms with Gasteiger partial charge in [-0.1, -0.05) is 35.9 Å². The molecule has 0 saturated heterocycles. The van der Waals surface area contributed by atoms with Crippen molar-refractivity contribution >= 4 is 47.0 Å². The number of halogens is 1. The Bertz CT molecular complexity index is 1480. The maximum absolute atomic E-state index is 13.5. The summed E-state index contributed by atoms with van der Waals surface area (Å²) in [5.74, 6) is -0.450. The van der Waals surface area contributed by atoms with E-state index in [0.717, 1.165) is 6.42 Å². The van der Waals surface area contributed by atoms with Crippen molar-refractivity contribution in [3.8, 4) is 5.75 Å². The minimum Gasteiger partial charge on any atom is -0.480 e. The second kappa shape index (κ2) is 14.5. The van der Waals surface area contributed by atoms with E-state index >= 15 is 0 Å². The molecular formula is C31H35ClN6O5. The van der Waals surface area contributed by atoms with E-state index < -0.39 is 18.1 Å². The van der Waals surface area contributed by atoms with Crippen LogP contribution in [0.2, 0.25) is 5.02 Å². The third kappa shape index (κ3) is 7.81. The van der Waals surface area contributed by atoms with Gasteiger partial charge in [0.15, 0.2) is 5.82 Å². The van der Waals surface area contributed by atoms with Gasteiger partial charge >= 0.3 is 12.1 Å². The first-order valence-corrected chi connectivity index (χ1v) is 14.5. The molecule has 0 spiro atoms. The molecule has 0 aliphatic carbocycles. The molecule has 2 amide bonds. The number of carboxylic acid groups (broad SMARTS) is 1. The van der Waals surface area contributed by atoms with E-state index in [9.17, 15) is 19.5 Å². The largest absolute Gasteiger partial charge is 0.480 e. The minimum absolute atomic E-state index is 0.0941. The van der Waals surface area contributed by atoms with Gasteiger partial charge in [0.05, 0.1) is 6.20 Å². The summed E-state index contributed by atoms with van der Waals surface area (Å²) in [5.41, 5.74) is 1.42. The molecule has 1 unspecified atom stereocenters. The third-order valence-electron chi connectivity index (χ3n) is 6.96. The molecule has 1 aliphatic heterocycles. The van der Waals surface area contributed by atoms with E-state index in [4.69, 9.17) is 16.3 Å². The van der Waals surface area contributed by atoms with Crippen molar-refractivity contribution in [2.75, 3.05) is 41.3 Å². The molecule has 11 nitrogen and oxygen atoms in total. The molecular weight excluding hydrogens is 572 g/mol. The first-order valence-electron chi connectivity index (χ1n) is 14.2. The predicted molar refractivity (Wildman–Crippen MR) is 166 cm³/mol. The van der Waals surface area contributed by atoms with Crippen LogP contribution in [0, 0.1) is 0 Å². The average Bonchev–Trinajstić information content (AvgIpc) is 3.55. The van der Waals surface area contributed by atoms with Crippen molar-refractivity contribution in [3.05, 3.63) is 83.2 Å². The zero-order valence-corrected chi connectivity index (χ0v) is 25.1. The lowest BCUT2D eigenvalue weighted by Crippen LogP contribution is -2.36. The van der Waals surface area contributed by atoms with Gasteiger partial charge in [-0.2, -0.15) is 4.98 Å². The molecule has 1 atom stereocenters. The second-order valence-corrected chi connectivity index (χ2v) is 10.2. The lowest BCUT2D eigenvalue weighted by atomic mass is 10.1. The number of hydrogen-bond donors (Lipinski definition) is 2. The highest BCUT2D eigenvalue weighted by Crippen LogP contribution is 2.29. The first-order chi connectivity index (χ1) is 20.7. The molecule has 43 heavy (non-hydrogen) atoms. The molecule has 12 heteroatoms. The lowest BCUT2D eigenvalue weighted by Gasteiger charge is -2.27. The smallest absolute Gasteiger partial charge is 0.419 e. The Morgan fingerprint density at radius 1 is 1.09 bits per heavy atom. The van der Waals surface area contributed by atoms with Crippen LogP contribution in [-0.4, -0.2) is 70.2 Å². The van der Waals surface area contributed by atoms with Gasteiger partial charge < -0.3 is 25.0 Å². The zero-order chi connectivity index (χ0) is 30.9. The Balaban J connectivity index is 1.60. The third-order valence-corrected chi connectivity index (χ3v) is 7.20. The zero-order valence-electron chi connectivity index (χ0n) is 24.4. The molecule has 4 rings (SSSR count). The Morgan fingerprint density at radius 3 is 2.44 bits per heavy atom. The summed E-state index contributed by atoms with van der Waals surface area (Å²) in [6, 6.07) is 12.2. The van der Waals surface area contributed by atoms with Crippen LogP contribution in [0.5, 0.6) is 5.75 Å². The van der Waals surface area contributed by atoms with Crippen LogP contribution in [0.1, 0.15) is 43.1 Å². The molecule has 0 bridgehead atoms. The van der Waals surface area contributed by atoms with Crippen LogP contribution in [0.4, 0.5) is 22.2 Å². The van der Waals surface area contributed by atoms with Gasteiger partial charge in [0.2, 0.25) is 5.95 Å². The lowest BCUT2D eigenvalue weighted by molar-refractivity contribution is -0.137. The summed E-state index contributed by atoms with van der Waals surface area (Å²) in [4.78, 5) is 52.3. The highest BCUT2D eigenvalue weighted by atomic mass is 35.5. The molecule has 2 N–H and O–H groups in total. The molecule has 0 fully saturated rings. The number of aliphatic carboxylic acids is 1. The number of aromatic nitrogens is 2. The molecule has 226 valence electrons. The van der Waals surface area contributed by atoms with E-state index in [0.29, 0.717) is 53.2 Å². The van der Waals surface area contributed by atoms with Crippen LogP contribution in [0.3, 0.4) is 0 Å². The standard InChI is InChI=1S/C31H35ClN6O5/c1-4-36(5-2)30-33-20-26(38(6-3)28(39)22-10-9-11-23(32)19-22)27(35-30)34-25(29(40)41)18-21-12-14-24(15-13-21)43-31(42)37-16-7-8-17-37/h7,9-16,19-20,25H,4-6,8,17-18H2,1-3H3,(H,40,41)(H,33,34,35). The second-order valence-electron chi connectivity index (χ2n) is 9.75. The monoisotopic (exact) mass is 606 g/mol. The van der Waals surface area contributed by atoms with Gasteiger partial charge in [-0.05, 0) is 63.1 Å². The van der Waals surface area contributed by atoms with Gasteiger partial charge in [-0.3, -0.25) is 9.69 Å². The van der Waals surface area contributed by atoms with Gasteiger partial charge in [-0.15, -0.1) is 0 Å². The van der Waals surface area contributed by atoms with Crippen LogP contribution < -0.4 is 19.9 Å². The summed E-state index contributed by atoms with van der Waals surface area (Å²) >= 11 is 6.14. The van der Waals surface area contributed by atoms with Gasteiger partial charge in [0, 0.05) is 49.4 Å². The number of amides is 2. The van der Waals surface area contributed by atoms with Gasteiger partial charge in [0.25, 0.3) is 5.91 Å². The number of nitrogens with zero attached hydrogens (tertiary/aromatic N) is 5. The van der Waals surface area contributed by atoms with Gasteiger partial charge in [-0.25, -0.2) is 14.6 Å². The van der Waals surface area contributed by atoms with Crippen LogP contribution in [-0.2, 0) is 11.2 Å². The fourth-order valence-corrected chi connectivity index (χ4v) is 4.82. The summed E-state index contributed by atoms with van der Waals surface area (Å²) in [7, 11) is 0. The maximum atomic E-state index is 13.5. The van der Waals surface area contributed by atoms with Crippen LogP contribution >= 0.6 is 11.6 Å². The van der Waals surface area contributed by atoms with E-state index in [-0.39, 0.29) is 24.7 Å². The van der Waals surface area contributed by atoms with Gasteiger partial charge in [0.1, 0.15) is 17.5 Å². The number of carbonyl (C=O) groups excluding carboxylic acids is 2. The number of carbonyl (C=O) groups is 3. The quantitative estimate of drug-likeness (QED) is 0.276. The number of ether oxygens (including phenoxy) is 1. The topological polar surface area (TPSA) is 128 Å². The molecule has 3 aromatic rings. The molecule has 1 aliphatic rings. The molecule has 2 aromatic carbocycles. The molecule has 2 heterocycles. The predicted octanol–water partition coefficient (Wildman–Crippen LogP) is 5.47. The van der Waals surface area contributed by atoms with E-state index in [1.165, 1.54) is 16.0 Å². The SMILES string of the molecule is CCN(CC)c1ncc(N(CC)C(=O)c2cccc(Cl)c2)c(NC(Cc2ccc(OC(=O)N3C=CCC3)cc2)C(=O)O)n1. The van der Waals surface area contributed by atoms with E-state index in [2.05, 4.69) is 15.3 Å². The number of anilines is 3. The first kappa shape index (κ1) is 31.3. The highest BCUT2D eigenvalue weighted by molar-refractivity contribution is 6.31. The Hall–Kier alpha value is -4.64. The maximum Gasteiger partial charge on any atom is 0.419 e. The fraction of sp³-hybridized carbons (Fsp3) is 0.323. The number of benzene rings is 2. The normalized spacial score (nSPS) is 13.0. The molecule has 0 radical (unpaired) electrons. The number of nitrogens with one attached hydrogen (secondary N) is 1. The van der Waals surface area contributed by atoms with E-state index in [1.807, 2.05) is 31.7 Å². The fourth-order valence-electron chi connectivity index (χ4n) is 4.63. The number of hydrogen-bond acceptors (Lipinski definition) is 8. The number of carboxylic acids is 1. The van der Waals surface area contributed by atoms with E-state index in [1.54, 1.807) is 54.7 Å². The van der Waals surface area contributed by atoms with Crippen molar-refractivity contribution in [2.45, 2.75) is 39.7 Å². The van der Waals surface area contributed by atoms with Crippen molar-refractivity contribution in [1.29, 1.82) is 0 Å². The Kier molecular flexibility index (Phi) is 10.6. The van der Waals surface area contributed by atoms with Crippen LogP contribution in [0.25, 0.3) is 0 Å².